The number of hydrogen-bond acceptors (Lipinski definition) is 6. The quantitative estimate of drug-likeness (QED) is 0.454. The summed E-state index contributed by atoms with van der Waals surface area (Å²) in [7, 11) is 0. The smallest absolute Gasteiger partial charge is 0.321 e. The molecule has 0 saturated heterocycles. The molecule has 2 heterocycles. The molecular formula is C22H15ClN6O. The van der Waals surface area contributed by atoms with E-state index in [1.54, 1.807) is 36.8 Å². The van der Waals surface area contributed by atoms with Crippen LogP contribution in [0.1, 0.15) is 22.4 Å². The first kappa shape index (κ1) is 19.3. The first-order chi connectivity index (χ1) is 14.7. The third kappa shape index (κ3) is 4.69. The van der Waals surface area contributed by atoms with Gasteiger partial charge in [-0.25, -0.2) is 15.0 Å². The van der Waals surface area contributed by atoms with E-state index in [1.165, 1.54) is 0 Å². The van der Waals surface area contributed by atoms with Gasteiger partial charge in [0.15, 0.2) is 5.82 Å². The largest absolute Gasteiger partial charge is 0.424 e. The Morgan fingerprint density at radius 3 is 2.63 bits per heavy atom. The van der Waals surface area contributed by atoms with E-state index < -0.39 is 0 Å². The second kappa shape index (κ2) is 8.99. The van der Waals surface area contributed by atoms with Crippen molar-refractivity contribution < 1.29 is 4.74 Å². The highest BCUT2D eigenvalue weighted by molar-refractivity contribution is 6.30. The van der Waals surface area contributed by atoms with Crippen molar-refractivity contribution in [3.63, 3.8) is 0 Å². The van der Waals surface area contributed by atoms with E-state index in [-0.39, 0.29) is 6.01 Å². The Kier molecular flexibility index (Phi) is 5.78. The number of nitrogens with zero attached hydrogens (tertiary/aromatic N) is 5. The van der Waals surface area contributed by atoms with E-state index in [0.717, 1.165) is 11.1 Å². The van der Waals surface area contributed by atoms with E-state index >= 15 is 0 Å². The van der Waals surface area contributed by atoms with Crippen molar-refractivity contribution >= 4 is 23.6 Å². The van der Waals surface area contributed by atoms with Crippen molar-refractivity contribution in [1.29, 1.82) is 5.26 Å². The van der Waals surface area contributed by atoms with Gasteiger partial charge < -0.3 is 4.74 Å². The molecule has 0 unspecified atom stereocenters. The van der Waals surface area contributed by atoms with Crippen LogP contribution in [0.5, 0.6) is 11.8 Å². The van der Waals surface area contributed by atoms with Crippen LogP contribution in [0.3, 0.4) is 0 Å². The molecule has 2 aromatic heterocycles. The molecule has 0 atom stereocenters. The average Bonchev–Trinajstić information content (AvgIpc) is 3.15. The van der Waals surface area contributed by atoms with Gasteiger partial charge in [0.25, 0.3) is 0 Å². The van der Waals surface area contributed by atoms with Crippen molar-refractivity contribution in [2.45, 2.75) is 6.42 Å². The second-order valence-corrected chi connectivity index (χ2v) is 6.72. The third-order valence-electron chi connectivity index (χ3n) is 4.17. The Balaban J connectivity index is 1.47. The SMILES string of the molecule is N#Cc1c(N=Cc2ccc(Oc3ncccn3)cc2)n[nH]c1Cc1cccc(Cl)c1. The fraction of sp³-hybridized carbons (Fsp3) is 0.0455. The monoisotopic (exact) mass is 414 g/mol. The molecule has 0 amide bonds. The van der Waals surface area contributed by atoms with Gasteiger partial charge in [-0.05, 0) is 53.6 Å². The van der Waals surface area contributed by atoms with Gasteiger partial charge in [0.2, 0.25) is 0 Å². The normalized spacial score (nSPS) is 10.8. The molecule has 30 heavy (non-hydrogen) atoms. The predicted molar refractivity (Wildman–Crippen MR) is 113 cm³/mol. The number of halogens is 1. The number of H-pyrrole nitrogens is 1. The summed E-state index contributed by atoms with van der Waals surface area (Å²) in [6.45, 7) is 0. The number of nitriles is 1. The molecule has 4 aromatic rings. The maximum Gasteiger partial charge on any atom is 0.321 e. The van der Waals surface area contributed by atoms with Crippen molar-refractivity contribution in [3.8, 4) is 17.8 Å². The van der Waals surface area contributed by atoms with Crippen LogP contribution in [0.15, 0.2) is 72.0 Å². The van der Waals surface area contributed by atoms with E-state index in [2.05, 4.69) is 31.2 Å². The van der Waals surface area contributed by atoms with Crippen LogP contribution in [0.4, 0.5) is 5.82 Å². The van der Waals surface area contributed by atoms with Gasteiger partial charge in [-0.3, -0.25) is 5.10 Å². The number of rotatable bonds is 6. The molecule has 2 aromatic carbocycles. The molecule has 1 N–H and O–H groups in total. The van der Waals surface area contributed by atoms with Crippen LogP contribution >= 0.6 is 11.6 Å². The van der Waals surface area contributed by atoms with Crippen LogP contribution in [-0.2, 0) is 6.42 Å². The molecule has 0 aliphatic carbocycles. The minimum absolute atomic E-state index is 0.279. The van der Waals surface area contributed by atoms with Crippen LogP contribution in [0.2, 0.25) is 5.02 Å². The number of nitrogens with one attached hydrogen (secondary N) is 1. The number of ether oxygens (including phenoxy) is 1. The fourth-order valence-corrected chi connectivity index (χ4v) is 2.97. The Bertz CT molecular complexity index is 1210. The standard InChI is InChI=1S/C22H15ClN6O/c23-17-4-1-3-16(11-17)12-20-19(13-24)21(29-28-20)27-14-15-5-7-18(8-6-15)30-22-25-9-2-10-26-22/h1-11,14H,12H2,(H,28,29). The van der Waals surface area contributed by atoms with Crippen molar-refractivity contribution in [2.75, 3.05) is 0 Å². The van der Waals surface area contributed by atoms with E-state index in [4.69, 9.17) is 16.3 Å². The lowest BCUT2D eigenvalue weighted by Gasteiger charge is -2.02. The number of aromatic amines is 1. The summed E-state index contributed by atoms with van der Waals surface area (Å²) in [5, 5.41) is 17.3. The molecule has 0 radical (unpaired) electrons. The Hall–Kier alpha value is -4.02. The van der Waals surface area contributed by atoms with Crippen LogP contribution in [0, 0.1) is 11.3 Å². The van der Waals surface area contributed by atoms with Gasteiger partial charge in [0.05, 0.1) is 5.69 Å². The highest BCUT2D eigenvalue weighted by Crippen LogP contribution is 2.23. The summed E-state index contributed by atoms with van der Waals surface area (Å²) >= 11 is 6.03. The Morgan fingerprint density at radius 2 is 1.90 bits per heavy atom. The summed E-state index contributed by atoms with van der Waals surface area (Å²) in [6.07, 6.45) is 5.38. The third-order valence-corrected chi connectivity index (χ3v) is 4.41. The summed E-state index contributed by atoms with van der Waals surface area (Å²) in [4.78, 5) is 12.4. The van der Waals surface area contributed by atoms with Gasteiger partial charge in [-0.1, -0.05) is 23.7 Å². The minimum atomic E-state index is 0.279. The molecule has 0 aliphatic heterocycles. The highest BCUT2D eigenvalue weighted by atomic mass is 35.5. The van der Waals surface area contributed by atoms with Gasteiger partial charge in [0, 0.05) is 30.1 Å². The molecule has 4 rings (SSSR count). The first-order valence-corrected chi connectivity index (χ1v) is 9.40. The molecule has 0 fully saturated rings. The minimum Gasteiger partial charge on any atom is -0.424 e. The second-order valence-electron chi connectivity index (χ2n) is 6.28. The van der Waals surface area contributed by atoms with Crippen LogP contribution in [-0.4, -0.2) is 26.4 Å². The summed E-state index contributed by atoms with van der Waals surface area (Å²) < 4.78 is 5.56. The van der Waals surface area contributed by atoms with E-state index in [9.17, 15) is 5.26 Å². The maximum atomic E-state index is 9.56. The van der Waals surface area contributed by atoms with Gasteiger partial charge in [-0.15, -0.1) is 0 Å². The van der Waals surface area contributed by atoms with Gasteiger partial charge in [0.1, 0.15) is 17.4 Å². The van der Waals surface area contributed by atoms with Crippen molar-refractivity contribution in [1.82, 2.24) is 20.2 Å². The number of aromatic nitrogens is 4. The van der Waals surface area contributed by atoms with E-state index in [1.807, 2.05) is 36.4 Å². The molecule has 0 saturated carbocycles. The maximum absolute atomic E-state index is 9.56. The fourth-order valence-electron chi connectivity index (χ4n) is 2.76. The Labute approximate surface area is 177 Å². The lowest BCUT2D eigenvalue weighted by Crippen LogP contribution is -1.91. The summed E-state index contributed by atoms with van der Waals surface area (Å²) in [5.41, 5.74) is 2.92. The molecule has 0 spiro atoms. The molecule has 8 heteroatoms. The van der Waals surface area contributed by atoms with E-state index in [0.29, 0.717) is 34.3 Å². The molecule has 146 valence electrons. The van der Waals surface area contributed by atoms with Crippen LogP contribution < -0.4 is 4.74 Å². The van der Waals surface area contributed by atoms with Crippen molar-refractivity contribution in [2.24, 2.45) is 4.99 Å². The van der Waals surface area contributed by atoms with Crippen molar-refractivity contribution in [3.05, 3.63) is 94.4 Å². The first-order valence-electron chi connectivity index (χ1n) is 9.02. The van der Waals surface area contributed by atoms with Gasteiger partial charge in [-0.2, -0.15) is 10.4 Å². The Morgan fingerprint density at radius 1 is 1.10 bits per heavy atom. The number of benzene rings is 2. The van der Waals surface area contributed by atoms with Crippen LogP contribution in [0.25, 0.3) is 0 Å². The lowest BCUT2D eigenvalue weighted by molar-refractivity contribution is 0.442. The molecule has 0 bridgehead atoms. The topological polar surface area (TPSA) is 99.8 Å². The molecule has 7 nitrogen and oxygen atoms in total. The summed E-state index contributed by atoms with van der Waals surface area (Å²) in [6, 6.07) is 18.9. The summed E-state index contributed by atoms with van der Waals surface area (Å²) in [5.74, 6) is 0.951. The highest BCUT2D eigenvalue weighted by Gasteiger charge is 2.12. The zero-order valence-electron chi connectivity index (χ0n) is 15.7. The molecular weight excluding hydrogens is 400 g/mol. The predicted octanol–water partition coefficient (Wildman–Crippen LogP) is 4.86. The zero-order chi connectivity index (χ0) is 20.8. The van der Waals surface area contributed by atoms with Gasteiger partial charge >= 0.3 is 6.01 Å². The number of hydrogen-bond donors (Lipinski definition) is 1. The number of aliphatic imine (C=N–C) groups is 1. The molecule has 0 aliphatic rings. The zero-order valence-corrected chi connectivity index (χ0v) is 16.4. The lowest BCUT2D eigenvalue weighted by atomic mass is 10.1. The average molecular weight is 415 g/mol.